The van der Waals surface area contributed by atoms with Crippen molar-refractivity contribution < 1.29 is 17.7 Å². The second kappa shape index (κ2) is 6.59. The van der Waals surface area contributed by atoms with Crippen LogP contribution in [0.15, 0.2) is 35.1 Å². The van der Waals surface area contributed by atoms with Crippen molar-refractivity contribution in [1.29, 1.82) is 0 Å². The zero-order valence-corrected chi connectivity index (χ0v) is 13.6. The number of alkyl halides is 3. The Bertz CT molecular complexity index is 887. The molecule has 0 radical (unpaired) electrons. The van der Waals surface area contributed by atoms with Gasteiger partial charge in [0.25, 0.3) is 0 Å². The predicted molar refractivity (Wildman–Crippen MR) is 84.6 cm³/mol. The number of nitrogens with one attached hydrogen (secondary N) is 1. The molecule has 0 saturated heterocycles. The lowest BCUT2D eigenvalue weighted by atomic mass is 10.1. The summed E-state index contributed by atoms with van der Waals surface area (Å²) in [5.74, 6) is -0.981. The topological polar surface area (TPSA) is 81.7 Å². The van der Waals surface area contributed by atoms with Crippen LogP contribution in [-0.4, -0.2) is 36.9 Å². The van der Waals surface area contributed by atoms with Gasteiger partial charge in [-0.05, 0) is 5.56 Å². The van der Waals surface area contributed by atoms with Gasteiger partial charge in [0.2, 0.25) is 5.82 Å². The van der Waals surface area contributed by atoms with Gasteiger partial charge in [0.05, 0.1) is 6.54 Å². The van der Waals surface area contributed by atoms with Crippen molar-refractivity contribution in [2.75, 3.05) is 7.05 Å². The summed E-state index contributed by atoms with van der Waals surface area (Å²) in [4.78, 5) is 7.89. The van der Waals surface area contributed by atoms with E-state index in [0.29, 0.717) is 22.9 Å². The van der Waals surface area contributed by atoms with Gasteiger partial charge in [-0.3, -0.25) is 0 Å². The predicted octanol–water partition coefficient (Wildman–Crippen LogP) is 2.29. The molecule has 7 nitrogen and oxygen atoms in total. The van der Waals surface area contributed by atoms with Crippen LogP contribution >= 0.6 is 12.2 Å². The second-order valence-corrected chi connectivity index (χ2v) is 5.35. The molecule has 0 spiro atoms. The average molecular weight is 368 g/mol. The van der Waals surface area contributed by atoms with E-state index in [0.717, 1.165) is 5.56 Å². The molecular formula is C14H11F3N6OS. The van der Waals surface area contributed by atoms with Crippen LogP contribution in [0.1, 0.15) is 17.3 Å². The summed E-state index contributed by atoms with van der Waals surface area (Å²) in [5, 5.41) is 10.3. The summed E-state index contributed by atoms with van der Waals surface area (Å²) in [6.45, 7) is 0.400. The Morgan fingerprint density at radius 3 is 2.60 bits per heavy atom. The number of halogens is 3. The number of benzene rings is 1. The van der Waals surface area contributed by atoms with E-state index in [1.165, 1.54) is 6.33 Å². The Balaban J connectivity index is 1.78. The molecule has 0 aliphatic rings. The van der Waals surface area contributed by atoms with E-state index in [2.05, 4.69) is 30.1 Å². The van der Waals surface area contributed by atoms with Crippen molar-refractivity contribution in [3.63, 3.8) is 0 Å². The van der Waals surface area contributed by atoms with E-state index in [-0.39, 0.29) is 5.82 Å². The Morgan fingerprint density at radius 2 is 2.00 bits per heavy atom. The standard InChI is InChI=1S/C14H11F3N6OS/c1-18-12(25)11-19-7-20-23(11)6-8-2-4-9(5-3-8)10-21-13(24-22-10)14(15,16)17/h2-5,7H,6H2,1H3,(H,18,25). The molecule has 1 N–H and O–H groups in total. The summed E-state index contributed by atoms with van der Waals surface area (Å²) >= 11 is 5.14. The van der Waals surface area contributed by atoms with Crippen LogP contribution in [0, 0.1) is 0 Å². The summed E-state index contributed by atoms with van der Waals surface area (Å²) < 4.78 is 43.3. The molecular weight excluding hydrogens is 357 g/mol. The van der Waals surface area contributed by atoms with Crippen molar-refractivity contribution in [3.05, 3.63) is 47.9 Å². The van der Waals surface area contributed by atoms with Crippen molar-refractivity contribution in [1.82, 2.24) is 30.2 Å². The molecule has 0 amide bonds. The average Bonchev–Trinajstić information content (AvgIpc) is 3.24. The molecule has 0 saturated carbocycles. The lowest BCUT2D eigenvalue weighted by Crippen LogP contribution is -2.22. The molecule has 2 heterocycles. The second-order valence-electron chi connectivity index (χ2n) is 4.94. The molecule has 3 aromatic rings. The molecule has 0 fully saturated rings. The SMILES string of the molecule is CNC(=S)c1ncnn1Cc1ccc(-c2noc(C(F)(F)F)n2)cc1. The zero-order chi connectivity index (χ0) is 18.0. The van der Waals surface area contributed by atoms with Crippen molar-refractivity contribution in [2.24, 2.45) is 0 Å². The van der Waals surface area contributed by atoms with Gasteiger partial charge < -0.3 is 9.84 Å². The van der Waals surface area contributed by atoms with Gasteiger partial charge in [0, 0.05) is 12.6 Å². The van der Waals surface area contributed by atoms with Crippen LogP contribution in [0.3, 0.4) is 0 Å². The Morgan fingerprint density at radius 1 is 1.28 bits per heavy atom. The Kier molecular flexibility index (Phi) is 4.49. The number of hydrogen-bond donors (Lipinski definition) is 1. The lowest BCUT2D eigenvalue weighted by Gasteiger charge is -2.07. The maximum Gasteiger partial charge on any atom is 0.471 e. The van der Waals surface area contributed by atoms with Gasteiger partial charge in [0.15, 0.2) is 5.82 Å². The molecule has 0 aliphatic heterocycles. The molecule has 25 heavy (non-hydrogen) atoms. The van der Waals surface area contributed by atoms with E-state index in [9.17, 15) is 13.2 Å². The van der Waals surface area contributed by atoms with Crippen LogP contribution in [0.2, 0.25) is 0 Å². The van der Waals surface area contributed by atoms with Gasteiger partial charge in [-0.15, -0.1) is 0 Å². The molecule has 1 aromatic carbocycles. The van der Waals surface area contributed by atoms with Gasteiger partial charge in [0.1, 0.15) is 11.3 Å². The molecule has 11 heteroatoms. The third-order valence-electron chi connectivity index (χ3n) is 3.26. The number of rotatable bonds is 4. The van der Waals surface area contributed by atoms with Crippen LogP contribution < -0.4 is 5.32 Å². The Hall–Kier alpha value is -2.82. The molecule has 0 bridgehead atoms. The lowest BCUT2D eigenvalue weighted by molar-refractivity contribution is -0.159. The summed E-state index contributed by atoms with van der Waals surface area (Å²) in [6, 6.07) is 6.67. The summed E-state index contributed by atoms with van der Waals surface area (Å²) in [6.07, 6.45) is -3.27. The molecule has 130 valence electrons. The maximum absolute atomic E-state index is 12.5. The third kappa shape index (κ3) is 3.65. The Labute approximate surface area is 144 Å². The number of aromatic nitrogens is 5. The van der Waals surface area contributed by atoms with Crippen molar-refractivity contribution >= 4 is 17.2 Å². The summed E-state index contributed by atoms with van der Waals surface area (Å²) in [7, 11) is 1.69. The van der Waals surface area contributed by atoms with Crippen molar-refractivity contribution in [3.8, 4) is 11.4 Å². The minimum absolute atomic E-state index is 0.128. The summed E-state index contributed by atoms with van der Waals surface area (Å²) in [5.41, 5.74) is 1.27. The van der Waals surface area contributed by atoms with E-state index in [4.69, 9.17) is 12.2 Å². The number of nitrogens with zero attached hydrogens (tertiary/aromatic N) is 5. The highest BCUT2D eigenvalue weighted by atomic mass is 32.1. The largest absolute Gasteiger partial charge is 0.471 e. The van der Waals surface area contributed by atoms with Crippen LogP contribution in [0.5, 0.6) is 0 Å². The van der Waals surface area contributed by atoms with Crippen LogP contribution in [-0.2, 0) is 12.7 Å². The molecule has 0 atom stereocenters. The molecule has 0 aliphatic carbocycles. The fraction of sp³-hybridized carbons (Fsp3) is 0.214. The fourth-order valence-electron chi connectivity index (χ4n) is 2.06. The highest BCUT2D eigenvalue weighted by molar-refractivity contribution is 7.80. The molecule has 0 unspecified atom stereocenters. The molecule has 2 aromatic heterocycles. The first-order valence-electron chi connectivity index (χ1n) is 6.98. The van der Waals surface area contributed by atoms with E-state index >= 15 is 0 Å². The van der Waals surface area contributed by atoms with E-state index in [1.54, 1.807) is 36.0 Å². The number of hydrogen-bond acceptors (Lipinski definition) is 6. The quantitative estimate of drug-likeness (QED) is 0.708. The monoisotopic (exact) mass is 368 g/mol. The van der Waals surface area contributed by atoms with Gasteiger partial charge in [-0.1, -0.05) is 41.6 Å². The zero-order valence-electron chi connectivity index (χ0n) is 12.8. The molecule has 3 rings (SSSR count). The van der Waals surface area contributed by atoms with Gasteiger partial charge in [-0.25, -0.2) is 9.67 Å². The fourth-order valence-corrected chi connectivity index (χ4v) is 2.21. The van der Waals surface area contributed by atoms with E-state index < -0.39 is 12.1 Å². The number of thiocarbonyl (C=S) groups is 1. The third-order valence-corrected chi connectivity index (χ3v) is 3.65. The smallest absolute Gasteiger partial charge is 0.376 e. The first kappa shape index (κ1) is 17.0. The minimum atomic E-state index is -4.67. The minimum Gasteiger partial charge on any atom is -0.376 e. The van der Waals surface area contributed by atoms with Crippen LogP contribution in [0.25, 0.3) is 11.4 Å². The normalized spacial score (nSPS) is 11.5. The van der Waals surface area contributed by atoms with Crippen LogP contribution in [0.4, 0.5) is 13.2 Å². The highest BCUT2D eigenvalue weighted by Crippen LogP contribution is 2.29. The van der Waals surface area contributed by atoms with Gasteiger partial charge in [-0.2, -0.15) is 23.3 Å². The van der Waals surface area contributed by atoms with Gasteiger partial charge >= 0.3 is 12.1 Å². The first-order valence-corrected chi connectivity index (χ1v) is 7.39. The van der Waals surface area contributed by atoms with Crippen molar-refractivity contribution in [2.45, 2.75) is 12.7 Å². The first-order chi connectivity index (χ1) is 11.9. The van der Waals surface area contributed by atoms with E-state index in [1.807, 2.05) is 0 Å². The maximum atomic E-state index is 12.5. The highest BCUT2D eigenvalue weighted by Gasteiger charge is 2.38.